The van der Waals surface area contributed by atoms with E-state index >= 15 is 0 Å². The van der Waals surface area contributed by atoms with Gasteiger partial charge >= 0.3 is 0 Å². The van der Waals surface area contributed by atoms with Crippen molar-refractivity contribution < 1.29 is 9.53 Å². The van der Waals surface area contributed by atoms with Crippen molar-refractivity contribution in [3.8, 4) is 0 Å². The van der Waals surface area contributed by atoms with Crippen molar-refractivity contribution in [1.82, 2.24) is 9.88 Å². The highest BCUT2D eigenvalue weighted by Gasteiger charge is 2.21. The first kappa shape index (κ1) is 13.8. The number of pyridine rings is 1. The molecule has 19 heavy (non-hydrogen) atoms. The summed E-state index contributed by atoms with van der Waals surface area (Å²) in [4.78, 5) is 18.4. The third-order valence-electron chi connectivity index (χ3n) is 3.49. The van der Waals surface area contributed by atoms with Gasteiger partial charge in [-0.15, -0.1) is 0 Å². The minimum atomic E-state index is 0.0175. The number of amides is 1. The van der Waals surface area contributed by atoms with Crippen LogP contribution in [0.3, 0.4) is 0 Å². The van der Waals surface area contributed by atoms with Gasteiger partial charge in [-0.3, -0.25) is 4.79 Å². The van der Waals surface area contributed by atoms with Crippen LogP contribution in [-0.2, 0) is 4.74 Å². The summed E-state index contributed by atoms with van der Waals surface area (Å²) >= 11 is 0. The summed E-state index contributed by atoms with van der Waals surface area (Å²) < 4.78 is 5.34. The zero-order chi connectivity index (χ0) is 13.7. The van der Waals surface area contributed by atoms with Crippen LogP contribution < -0.4 is 5.32 Å². The average Bonchev–Trinajstić information content (AvgIpc) is 2.47. The summed E-state index contributed by atoms with van der Waals surface area (Å²) in [6.45, 7) is 2.39. The Hall–Kier alpha value is -1.62. The van der Waals surface area contributed by atoms with Crippen LogP contribution in [0, 0.1) is 5.92 Å². The number of rotatable bonds is 4. The highest BCUT2D eigenvalue weighted by molar-refractivity contribution is 5.98. The Balaban J connectivity index is 2.01. The molecule has 1 aliphatic heterocycles. The molecule has 0 bridgehead atoms. The Morgan fingerprint density at radius 3 is 2.95 bits per heavy atom. The lowest BCUT2D eigenvalue weighted by molar-refractivity contribution is 0.0497. The third-order valence-corrected chi connectivity index (χ3v) is 3.49. The molecule has 0 spiro atoms. The Kier molecular flexibility index (Phi) is 4.74. The molecule has 1 amide bonds. The van der Waals surface area contributed by atoms with Crippen molar-refractivity contribution in [3.63, 3.8) is 0 Å². The molecular formula is C14H21N3O2. The van der Waals surface area contributed by atoms with Crippen molar-refractivity contribution in [2.45, 2.75) is 12.8 Å². The quantitative estimate of drug-likeness (QED) is 0.897. The number of hydrogen-bond acceptors (Lipinski definition) is 4. The molecule has 0 aromatic carbocycles. The standard InChI is InChI=1S/C14H21N3O2/c1-15-13-12(4-3-7-16-13)14(18)17(2)10-11-5-8-19-9-6-11/h3-4,7,11H,5-6,8-10H2,1-2H3,(H,15,16). The molecule has 104 valence electrons. The topological polar surface area (TPSA) is 54.5 Å². The van der Waals surface area contributed by atoms with Gasteiger partial charge in [-0.25, -0.2) is 4.98 Å². The minimum absolute atomic E-state index is 0.0175. The number of carbonyl (C=O) groups is 1. The molecule has 2 rings (SSSR count). The van der Waals surface area contributed by atoms with Gasteiger partial charge in [0, 0.05) is 40.1 Å². The van der Waals surface area contributed by atoms with E-state index in [1.807, 2.05) is 13.1 Å². The molecule has 1 aromatic rings. The largest absolute Gasteiger partial charge is 0.381 e. The fourth-order valence-electron chi connectivity index (χ4n) is 2.38. The number of ether oxygens (including phenoxy) is 1. The van der Waals surface area contributed by atoms with Gasteiger partial charge in [-0.1, -0.05) is 0 Å². The summed E-state index contributed by atoms with van der Waals surface area (Å²) in [6.07, 6.45) is 3.74. The van der Waals surface area contributed by atoms with E-state index in [9.17, 15) is 4.79 Å². The number of nitrogens with zero attached hydrogens (tertiary/aromatic N) is 2. The number of nitrogens with one attached hydrogen (secondary N) is 1. The predicted octanol–water partition coefficient (Wildman–Crippen LogP) is 1.62. The molecule has 0 atom stereocenters. The van der Waals surface area contributed by atoms with Crippen molar-refractivity contribution >= 4 is 11.7 Å². The van der Waals surface area contributed by atoms with Crippen LogP contribution in [0.2, 0.25) is 0 Å². The van der Waals surface area contributed by atoms with E-state index in [-0.39, 0.29) is 5.91 Å². The lowest BCUT2D eigenvalue weighted by atomic mass is 9.99. The molecular weight excluding hydrogens is 242 g/mol. The summed E-state index contributed by atoms with van der Waals surface area (Å²) in [7, 11) is 3.63. The number of aromatic nitrogens is 1. The lowest BCUT2D eigenvalue weighted by Gasteiger charge is -2.27. The van der Waals surface area contributed by atoms with Crippen molar-refractivity contribution in [2.24, 2.45) is 5.92 Å². The molecule has 1 aromatic heterocycles. The lowest BCUT2D eigenvalue weighted by Crippen LogP contribution is -2.34. The van der Waals surface area contributed by atoms with Crippen LogP contribution in [0.15, 0.2) is 18.3 Å². The number of anilines is 1. The smallest absolute Gasteiger partial charge is 0.257 e. The first-order chi connectivity index (χ1) is 9.22. The molecule has 0 radical (unpaired) electrons. The van der Waals surface area contributed by atoms with Crippen LogP contribution in [0.5, 0.6) is 0 Å². The Labute approximate surface area is 114 Å². The van der Waals surface area contributed by atoms with Gasteiger partial charge in [-0.2, -0.15) is 0 Å². The number of carbonyl (C=O) groups excluding carboxylic acids is 1. The zero-order valence-electron chi connectivity index (χ0n) is 11.6. The summed E-state index contributed by atoms with van der Waals surface area (Å²) in [5.41, 5.74) is 0.625. The minimum Gasteiger partial charge on any atom is -0.381 e. The maximum absolute atomic E-state index is 12.4. The average molecular weight is 263 g/mol. The summed E-state index contributed by atoms with van der Waals surface area (Å²) in [5.74, 6) is 1.19. The molecule has 0 saturated carbocycles. The molecule has 0 unspecified atom stereocenters. The predicted molar refractivity (Wildman–Crippen MR) is 74.3 cm³/mol. The van der Waals surface area contributed by atoms with Crippen molar-refractivity contribution in [3.05, 3.63) is 23.9 Å². The fourth-order valence-corrected chi connectivity index (χ4v) is 2.38. The Morgan fingerprint density at radius 1 is 1.53 bits per heavy atom. The SMILES string of the molecule is CNc1ncccc1C(=O)N(C)CC1CCOCC1. The van der Waals surface area contributed by atoms with Gasteiger partial charge in [-0.05, 0) is 30.9 Å². The van der Waals surface area contributed by atoms with E-state index in [2.05, 4.69) is 10.3 Å². The van der Waals surface area contributed by atoms with Crippen LogP contribution in [-0.4, -0.2) is 49.6 Å². The molecule has 1 fully saturated rings. The Bertz CT molecular complexity index is 430. The van der Waals surface area contributed by atoms with Crippen LogP contribution >= 0.6 is 0 Å². The second-order valence-corrected chi connectivity index (χ2v) is 4.89. The van der Waals surface area contributed by atoms with E-state index in [4.69, 9.17) is 4.74 Å². The molecule has 5 nitrogen and oxygen atoms in total. The first-order valence-electron chi connectivity index (χ1n) is 6.68. The van der Waals surface area contributed by atoms with Crippen LogP contribution in [0.1, 0.15) is 23.2 Å². The van der Waals surface area contributed by atoms with Gasteiger partial charge in [0.25, 0.3) is 5.91 Å². The molecule has 2 heterocycles. The van der Waals surface area contributed by atoms with Crippen molar-refractivity contribution in [2.75, 3.05) is 39.2 Å². The van der Waals surface area contributed by atoms with Crippen LogP contribution in [0.4, 0.5) is 5.82 Å². The van der Waals surface area contributed by atoms with E-state index in [0.29, 0.717) is 17.3 Å². The van der Waals surface area contributed by atoms with E-state index in [0.717, 1.165) is 32.6 Å². The first-order valence-corrected chi connectivity index (χ1v) is 6.68. The van der Waals surface area contributed by atoms with Gasteiger partial charge in [0.1, 0.15) is 5.82 Å². The van der Waals surface area contributed by atoms with Crippen molar-refractivity contribution in [1.29, 1.82) is 0 Å². The van der Waals surface area contributed by atoms with E-state index in [1.54, 1.807) is 24.2 Å². The molecule has 0 aliphatic carbocycles. The summed E-state index contributed by atoms with van der Waals surface area (Å²) in [6, 6.07) is 3.60. The summed E-state index contributed by atoms with van der Waals surface area (Å²) in [5, 5.41) is 2.96. The maximum atomic E-state index is 12.4. The molecule has 1 saturated heterocycles. The van der Waals surface area contributed by atoms with Gasteiger partial charge in [0.15, 0.2) is 0 Å². The second-order valence-electron chi connectivity index (χ2n) is 4.89. The second kappa shape index (κ2) is 6.52. The highest BCUT2D eigenvalue weighted by Crippen LogP contribution is 2.18. The zero-order valence-corrected chi connectivity index (χ0v) is 11.6. The Morgan fingerprint density at radius 2 is 2.26 bits per heavy atom. The molecule has 5 heteroatoms. The van der Waals surface area contributed by atoms with Gasteiger partial charge in [0.05, 0.1) is 5.56 Å². The third kappa shape index (κ3) is 3.44. The van der Waals surface area contributed by atoms with E-state index in [1.165, 1.54) is 0 Å². The molecule has 1 aliphatic rings. The van der Waals surface area contributed by atoms with E-state index < -0.39 is 0 Å². The van der Waals surface area contributed by atoms with Gasteiger partial charge in [0.2, 0.25) is 0 Å². The normalized spacial score (nSPS) is 16.1. The maximum Gasteiger partial charge on any atom is 0.257 e. The van der Waals surface area contributed by atoms with Gasteiger partial charge < -0.3 is 15.0 Å². The highest BCUT2D eigenvalue weighted by atomic mass is 16.5. The van der Waals surface area contributed by atoms with Crippen LogP contribution in [0.25, 0.3) is 0 Å². The fraction of sp³-hybridized carbons (Fsp3) is 0.571. The monoisotopic (exact) mass is 263 g/mol. The molecule has 1 N–H and O–H groups in total. The number of hydrogen-bond donors (Lipinski definition) is 1.